The minimum Gasteiger partial charge on any atom is -0.480 e. The zero-order valence-electron chi connectivity index (χ0n) is 10.2. The van der Waals surface area contributed by atoms with Gasteiger partial charge in [0.15, 0.2) is 0 Å². The Hall–Kier alpha value is -1.35. The molecule has 0 amide bonds. The van der Waals surface area contributed by atoms with Crippen LogP contribution in [0.2, 0.25) is 0 Å². The molecule has 0 unspecified atom stereocenters. The van der Waals surface area contributed by atoms with Gasteiger partial charge in [-0.1, -0.05) is 29.8 Å². The Morgan fingerprint density at radius 3 is 2.53 bits per heavy atom. The number of hydrogen-bond acceptors (Lipinski definition) is 2. The fraction of sp³-hybridized carbons (Fsp3) is 0.500. The second kappa shape index (κ2) is 5.32. The molecule has 1 aromatic rings. The number of hydrogen-bond donors (Lipinski definition) is 1. The third-order valence-electron chi connectivity index (χ3n) is 3.10. The zero-order valence-corrected chi connectivity index (χ0v) is 10.2. The molecule has 2 rings (SSSR count). The van der Waals surface area contributed by atoms with Crippen LogP contribution >= 0.6 is 0 Å². The SMILES string of the molecule is Cc1ccc(CN(CC(=O)O)CC2CC2)cc1. The van der Waals surface area contributed by atoms with E-state index in [2.05, 4.69) is 31.2 Å². The number of nitrogens with zero attached hydrogens (tertiary/aromatic N) is 1. The molecule has 0 bridgehead atoms. The minimum atomic E-state index is -0.738. The van der Waals surface area contributed by atoms with Gasteiger partial charge >= 0.3 is 5.97 Å². The average Bonchev–Trinajstić information content (AvgIpc) is 3.04. The number of carboxylic acid groups (broad SMARTS) is 1. The van der Waals surface area contributed by atoms with Crippen LogP contribution < -0.4 is 0 Å². The van der Waals surface area contributed by atoms with E-state index in [0.29, 0.717) is 0 Å². The highest BCUT2D eigenvalue weighted by molar-refractivity contribution is 5.69. The molecule has 3 heteroatoms. The maximum Gasteiger partial charge on any atom is 0.317 e. The Kier molecular flexibility index (Phi) is 3.79. The van der Waals surface area contributed by atoms with Crippen molar-refractivity contribution >= 4 is 5.97 Å². The lowest BCUT2D eigenvalue weighted by atomic mass is 10.1. The summed E-state index contributed by atoms with van der Waals surface area (Å²) in [6, 6.07) is 8.31. The first kappa shape index (κ1) is 12.1. The Balaban J connectivity index is 1.94. The number of rotatable bonds is 6. The van der Waals surface area contributed by atoms with Crippen LogP contribution in [-0.2, 0) is 11.3 Å². The highest BCUT2D eigenvalue weighted by Gasteiger charge is 2.25. The van der Waals surface area contributed by atoms with E-state index in [-0.39, 0.29) is 6.54 Å². The highest BCUT2D eigenvalue weighted by Crippen LogP contribution is 2.30. The van der Waals surface area contributed by atoms with E-state index < -0.39 is 5.97 Å². The Bertz CT molecular complexity index is 382. The van der Waals surface area contributed by atoms with E-state index in [1.54, 1.807) is 0 Å². The second-order valence-corrected chi connectivity index (χ2v) is 4.99. The molecule has 1 saturated carbocycles. The van der Waals surface area contributed by atoms with Crippen molar-refractivity contribution in [3.63, 3.8) is 0 Å². The quantitative estimate of drug-likeness (QED) is 0.819. The van der Waals surface area contributed by atoms with E-state index in [9.17, 15) is 4.79 Å². The molecule has 1 aliphatic rings. The van der Waals surface area contributed by atoms with Gasteiger partial charge in [-0.2, -0.15) is 0 Å². The first-order valence-corrected chi connectivity index (χ1v) is 6.13. The van der Waals surface area contributed by atoms with Crippen molar-refractivity contribution in [3.05, 3.63) is 35.4 Å². The smallest absolute Gasteiger partial charge is 0.317 e. The van der Waals surface area contributed by atoms with Crippen molar-refractivity contribution in [2.75, 3.05) is 13.1 Å². The van der Waals surface area contributed by atoms with Crippen LogP contribution in [0, 0.1) is 12.8 Å². The largest absolute Gasteiger partial charge is 0.480 e. The zero-order chi connectivity index (χ0) is 12.3. The number of benzene rings is 1. The summed E-state index contributed by atoms with van der Waals surface area (Å²) in [5, 5.41) is 8.90. The van der Waals surface area contributed by atoms with E-state index in [1.165, 1.54) is 24.0 Å². The molecule has 17 heavy (non-hydrogen) atoms. The van der Waals surface area contributed by atoms with Gasteiger partial charge in [0.2, 0.25) is 0 Å². The Morgan fingerprint density at radius 1 is 1.35 bits per heavy atom. The lowest BCUT2D eigenvalue weighted by Gasteiger charge is -2.20. The molecule has 0 radical (unpaired) electrons. The van der Waals surface area contributed by atoms with Crippen LogP contribution in [0.15, 0.2) is 24.3 Å². The van der Waals surface area contributed by atoms with Crippen molar-refractivity contribution in [2.45, 2.75) is 26.3 Å². The molecular weight excluding hydrogens is 214 g/mol. The van der Waals surface area contributed by atoms with Gasteiger partial charge in [-0.3, -0.25) is 9.69 Å². The van der Waals surface area contributed by atoms with E-state index in [4.69, 9.17) is 5.11 Å². The molecule has 0 heterocycles. The van der Waals surface area contributed by atoms with Crippen molar-refractivity contribution in [3.8, 4) is 0 Å². The molecule has 0 aromatic heterocycles. The Morgan fingerprint density at radius 2 is 2.00 bits per heavy atom. The monoisotopic (exact) mass is 233 g/mol. The van der Waals surface area contributed by atoms with Gasteiger partial charge in [0.05, 0.1) is 6.54 Å². The molecule has 0 aliphatic heterocycles. The number of aliphatic carboxylic acids is 1. The molecular formula is C14H19NO2. The summed E-state index contributed by atoms with van der Waals surface area (Å²) >= 11 is 0. The molecule has 1 N–H and O–H groups in total. The molecule has 0 saturated heterocycles. The van der Waals surface area contributed by atoms with E-state index >= 15 is 0 Å². The molecule has 1 aromatic carbocycles. The molecule has 1 aliphatic carbocycles. The van der Waals surface area contributed by atoms with Crippen LogP contribution in [0.4, 0.5) is 0 Å². The van der Waals surface area contributed by atoms with Gasteiger partial charge in [-0.05, 0) is 31.2 Å². The fourth-order valence-corrected chi connectivity index (χ4v) is 1.99. The van der Waals surface area contributed by atoms with Crippen molar-refractivity contribution in [1.29, 1.82) is 0 Å². The summed E-state index contributed by atoms with van der Waals surface area (Å²) in [6.45, 7) is 3.86. The summed E-state index contributed by atoms with van der Waals surface area (Å²) in [4.78, 5) is 12.8. The summed E-state index contributed by atoms with van der Waals surface area (Å²) in [6.07, 6.45) is 2.51. The topological polar surface area (TPSA) is 40.5 Å². The molecule has 0 spiro atoms. The lowest BCUT2D eigenvalue weighted by Crippen LogP contribution is -2.31. The van der Waals surface area contributed by atoms with Crippen LogP contribution in [-0.4, -0.2) is 29.1 Å². The van der Waals surface area contributed by atoms with Gasteiger partial charge in [0, 0.05) is 13.1 Å². The summed E-state index contributed by atoms with van der Waals surface area (Å²) in [5.74, 6) is -0.0161. The van der Waals surface area contributed by atoms with Crippen molar-refractivity contribution < 1.29 is 9.90 Å². The summed E-state index contributed by atoms with van der Waals surface area (Å²) in [5.41, 5.74) is 2.43. The third-order valence-corrected chi connectivity index (χ3v) is 3.10. The van der Waals surface area contributed by atoms with Crippen molar-refractivity contribution in [1.82, 2.24) is 4.90 Å². The van der Waals surface area contributed by atoms with Gasteiger partial charge in [-0.25, -0.2) is 0 Å². The number of aryl methyl sites for hydroxylation is 1. The van der Waals surface area contributed by atoms with Gasteiger partial charge in [0.1, 0.15) is 0 Å². The highest BCUT2D eigenvalue weighted by atomic mass is 16.4. The molecule has 3 nitrogen and oxygen atoms in total. The van der Waals surface area contributed by atoms with Crippen LogP contribution in [0.3, 0.4) is 0 Å². The maximum atomic E-state index is 10.8. The average molecular weight is 233 g/mol. The molecule has 0 atom stereocenters. The van der Waals surface area contributed by atoms with Gasteiger partial charge in [-0.15, -0.1) is 0 Å². The number of carboxylic acids is 1. The first-order valence-electron chi connectivity index (χ1n) is 6.13. The summed E-state index contributed by atoms with van der Waals surface area (Å²) < 4.78 is 0. The van der Waals surface area contributed by atoms with Crippen LogP contribution in [0.25, 0.3) is 0 Å². The van der Waals surface area contributed by atoms with E-state index in [1.807, 2.05) is 4.90 Å². The third kappa shape index (κ3) is 4.19. The number of carbonyl (C=O) groups is 1. The van der Waals surface area contributed by atoms with E-state index in [0.717, 1.165) is 19.0 Å². The predicted octanol–water partition coefficient (Wildman–Crippen LogP) is 2.29. The second-order valence-electron chi connectivity index (χ2n) is 4.99. The maximum absolute atomic E-state index is 10.8. The first-order chi connectivity index (χ1) is 8.13. The Labute approximate surface area is 102 Å². The normalized spacial score (nSPS) is 15.2. The van der Waals surface area contributed by atoms with Crippen LogP contribution in [0.5, 0.6) is 0 Å². The van der Waals surface area contributed by atoms with Crippen LogP contribution in [0.1, 0.15) is 24.0 Å². The van der Waals surface area contributed by atoms with Gasteiger partial charge < -0.3 is 5.11 Å². The molecule has 92 valence electrons. The summed E-state index contributed by atoms with van der Waals surface area (Å²) in [7, 11) is 0. The fourth-order valence-electron chi connectivity index (χ4n) is 1.99. The molecule has 1 fully saturated rings. The predicted molar refractivity (Wildman–Crippen MR) is 66.8 cm³/mol. The standard InChI is InChI=1S/C14H19NO2/c1-11-2-4-12(5-3-11)8-15(10-14(16)17)9-13-6-7-13/h2-5,13H,6-10H2,1H3,(H,16,17). The van der Waals surface area contributed by atoms with Crippen molar-refractivity contribution in [2.24, 2.45) is 5.92 Å². The lowest BCUT2D eigenvalue weighted by molar-refractivity contribution is -0.138. The minimum absolute atomic E-state index is 0.143. The van der Waals surface area contributed by atoms with Gasteiger partial charge in [0.25, 0.3) is 0 Å².